The molecule has 0 amide bonds. The first-order chi connectivity index (χ1) is 7.41. The van der Waals surface area contributed by atoms with E-state index in [4.69, 9.17) is 0 Å². The van der Waals surface area contributed by atoms with E-state index in [1.165, 1.54) is 51.4 Å². The molecule has 0 radical (unpaired) electrons. The fraction of sp³-hybridized carbons (Fsp3) is 1.00. The van der Waals surface area contributed by atoms with E-state index in [1.807, 2.05) is 0 Å². The molecule has 0 fully saturated rings. The van der Waals surface area contributed by atoms with Gasteiger partial charge in [-0.05, 0) is 0 Å². The molecule has 0 nitrogen and oxygen atoms in total. The van der Waals surface area contributed by atoms with Crippen LogP contribution in [0.3, 0.4) is 0 Å². The molecule has 0 aromatic carbocycles. The van der Waals surface area contributed by atoms with Crippen molar-refractivity contribution in [2.75, 3.05) is 0 Å². The Morgan fingerprint density at radius 3 is 1.33 bits per heavy atom. The van der Waals surface area contributed by atoms with Crippen LogP contribution in [0.4, 0.5) is 0 Å². The summed E-state index contributed by atoms with van der Waals surface area (Å²) in [7, 11) is 0. The Morgan fingerprint density at radius 2 is 0.933 bits per heavy atom. The normalized spacial score (nSPS) is 10.3. The fourth-order valence-electron chi connectivity index (χ4n) is 2.09. The van der Waals surface area contributed by atoms with Crippen LogP contribution in [-0.2, 0) is 17.1 Å². The summed E-state index contributed by atoms with van der Waals surface area (Å²) in [5, 5.41) is 3.34. The summed E-state index contributed by atoms with van der Waals surface area (Å²) < 4.78 is 0. The van der Waals surface area contributed by atoms with Crippen molar-refractivity contribution in [3.8, 4) is 0 Å². The predicted molar refractivity (Wildman–Crippen MR) is 67.1 cm³/mol. The first-order valence-corrected chi connectivity index (χ1v) is 11.6. The second-order valence-electron chi connectivity index (χ2n) is 4.89. The Kier molecular flexibility index (Phi) is 15.2. The van der Waals surface area contributed by atoms with Crippen molar-refractivity contribution in [1.29, 1.82) is 0 Å². The van der Waals surface area contributed by atoms with Crippen molar-refractivity contribution in [3.63, 3.8) is 0 Å². The Hall–Kier alpha value is 0.623. The monoisotopic (exact) mass is 262 g/mol. The average Bonchev–Trinajstić information content (AvgIpc) is 2.26. The van der Waals surface area contributed by atoms with Crippen LogP contribution >= 0.6 is 0 Å². The van der Waals surface area contributed by atoms with E-state index in [0.29, 0.717) is 0 Å². The van der Waals surface area contributed by atoms with E-state index in [9.17, 15) is 0 Å². The van der Waals surface area contributed by atoms with Gasteiger partial charge in [0, 0.05) is 0 Å². The van der Waals surface area contributed by atoms with Gasteiger partial charge in [-0.2, -0.15) is 0 Å². The average molecular weight is 264 g/mol. The van der Waals surface area contributed by atoms with Gasteiger partial charge in [0.2, 0.25) is 0 Å². The quantitative estimate of drug-likeness (QED) is 0.306. The van der Waals surface area contributed by atoms with Gasteiger partial charge in [0.1, 0.15) is 0 Å². The van der Waals surface area contributed by atoms with Crippen LogP contribution < -0.4 is 0 Å². The van der Waals surface area contributed by atoms with Gasteiger partial charge in [-0.1, -0.05) is 0 Å². The van der Waals surface area contributed by atoms with Crippen molar-refractivity contribution in [3.05, 3.63) is 0 Å². The predicted octanol–water partition coefficient (Wildman–Crippen LogP) is 5.85. The first-order valence-electron chi connectivity index (χ1n) is 7.41. The minimum atomic E-state index is -0.0568. The molecule has 0 saturated carbocycles. The molecule has 0 bridgehead atoms. The van der Waals surface area contributed by atoms with Crippen molar-refractivity contribution < 1.29 is 17.1 Å². The van der Waals surface area contributed by atoms with Gasteiger partial charge in [-0.15, -0.1) is 0 Å². The molecule has 0 saturated heterocycles. The third-order valence-electron chi connectivity index (χ3n) is 3.21. The molecule has 0 aromatic heterocycles. The van der Waals surface area contributed by atoms with Crippen LogP contribution in [0.2, 0.25) is 10.0 Å². The van der Waals surface area contributed by atoms with Gasteiger partial charge < -0.3 is 0 Å². The van der Waals surface area contributed by atoms with E-state index >= 15 is 0 Å². The van der Waals surface area contributed by atoms with Crippen molar-refractivity contribution in [2.45, 2.75) is 88.1 Å². The van der Waals surface area contributed by atoms with E-state index < -0.39 is 0 Å². The number of rotatable bonds is 12. The van der Waals surface area contributed by atoms with Crippen molar-refractivity contribution in [2.24, 2.45) is 0 Å². The molecule has 0 heterocycles. The van der Waals surface area contributed by atoms with Crippen LogP contribution in [0, 0.1) is 0 Å². The summed E-state index contributed by atoms with van der Waals surface area (Å²) >= 11 is -0.0568. The zero-order chi connectivity index (χ0) is 11.2. The molecular weight excluding hydrogens is 234 g/mol. The maximum absolute atomic E-state index is 2.30. The molecule has 15 heavy (non-hydrogen) atoms. The maximum atomic E-state index is 2.30. The van der Waals surface area contributed by atoms with Gasteiger partial charge in [0.15, 0.2) is 0 Å². The molecule has 1 heteroatoms. The SMILES string of the molecule is CCCCCC[CH2][Zn][CH2]CCCCCC. The van der Waals surface area contributed by atoms with Crippen LogP contribution in [0.1, 0.15) is 78.1 Å². The molecule has 0 unspecified atom stereocenters. The van der Waals surface area contributed by atoms with E-state index in [1.54, 1.807) is 22.9 Å². The van der Waals surface area contributed by atoms with Crippen molar-refractivity contribution in [1.82, 2.24) is 0 Å². The topological polar surface area (TPSA) is 0 Å². The Labute approximate surface area is 105 Å². The summed E-state index contributed by atoms with van der Waals surface area (Å²) in [5.74, 6) is 0. The van der Waals surface area contributed by atoms with Gasteiger partial charge in [-0.25, -0.2) is 0 Å². The molecule has 0 aliphatic carbocycles. The molecule has 0 aliphatic heterocycles. The zero-order valence-electron chi connectivity index (χ0n) is 11.2. The molecular formula is C14H30Zn. The molecule has 0 N–H and O–H groups in total. The summed E-state index contributed by atoms with van der Waals surface area (Å²) in [6, 6.07) is 0. The first kappa shape index (κ1) is 15.6. The van der Waals surface area contributed by atoms with Crippen LogP contribution in [0.15, 0.2) is 0 Å². The van der Waals surface area contributed by atoms with Crippen LogP contribution in [0.5, 0.6) is 0 Å². The van der Waals surface area contributed by atoms with Gasteiger partial charge >= 0.3 is 105 Å². The van der Waals surface area contributed by atoms with Crippen molar-refractivity contribution >= 4 is 0 Å². The molecule has 0 aromatic rings. The minimum absolute atomic E-state index is 0.0568. The Morgan fingerprint density at radius 1 is 0.533 bits per heavy atom. The van der Waals surface area contributed by atoms with Crippen LogP contribution in [0.25, 0.3) is 0 Å². The van der Waals surface area contributed by atoms with E-state index in [0.717, 1.165) is 0 Å². The van der Waals surface area contributed by atoms with E-state index in [2.05, 4.69) is 13.8 Å². The summed E-state index contributed by atoms with van der Waals surface area (Å²) in [6.45, 7) is 4.60. The molecule has 0 rings (SSSR count). The fourth-order valence-corrected chi connectivity index (χ4v) is 5.80. The Balaban J connectivity index is 2.81. The molecule has 0 atom stereocenters. The standard InChI is InChI=1S/2C7H15.Zn/c2*1-3-5-7-6-4-2;/h2*1,3-7H2,2H3;. The summed E-state index contributed by atoms with van der Waals surface area (Å²) in [6.07, 6.45) is 14.9. The van der Waals surface area contributed by atoms with Gasteiger partial charge in [0.05, 0.1) is 0 Å². The second-order valence-corrected chi connectivity index (χ2v) is 9.34. The molecule has 0 spiro atoms. The zero-order valence-corrected chi connectivity index (χ0v) is 14.2. The number of unbranched alkanes of at least 4 members (excludes halogenated alkanes) is 8. The van der Waals surface area contributed by atoms with Gasteiger partial charge in [-0.3, -0.25) is 0 Å². The summed E-state index contributed by atoms with van der Waals surface area (Å²) in [4.78, 5) is 0. The van der Waals surface area contributed by atoms with Gasteiger partial charge in [0.25, 0.3) is 0 Å². The summed E-state index contributed by atoms with van der Waals surface area (Å²) in [5.41, 5.74) is 0. The third kappa shape index (κ3) is 14.6. The number of hydrogen-bond acceptors (Lipinski definition) is 0. The third-order valence-corrected chi connectivity index (χ3v) is 7.40. The molecule has 88 valence electrons. The van der Waals surface area contributed by atoms with E-state index in [-0.39, 0.29) is 17.1 Å². The Bertz CT molecular complexity index is 89.5. The second kappa shape index (κ2) is 14.6. The number of hydrogen-bond donors (Lipinski definition) is 0. The van der Waals surface area contributed by atoms with Crippen LogP contribution in [-0.4, -0.2) is 0 Å². The molecule has 0 aliphatic rings.